The van der Waals surface area contributed by atoms with E-state index < -0.39 is 5.82 Å². The third kappa shape index (κ3) is 3.46. The molecule has 1 aliphatic heterocycles. The van der Waals surface area contributed by atoms with Crippen molar-refractivity contribution in [2.24, 2.45) is 0 Å². The van der Waals surface area contributed by atoms with Crippen molar-refractivity contribution in [1.29, 1.82) is 0 Å². The van der Waals surface area contributed by atoms with Crippen LogP contribution in [0, 0.1) is 5.82 Å². The number of ether oxygens (including phenoxy) is 1. The van der Waals surface area contributed by atoms with Gasteiger partial charge in [0.15, 0.2) is 11.6 Å². The molecule has 1 amide bonds. The number of carbonyl (C=O) groups excluding carboxylic acids is 1. The summed E-state index contributed by atoms with van der Waals surface area (Å²) in [7, 11) is 0. The highest BCUT2D eigenvalue weighted by Gasteiger charge is 2.24. The number of nitrogens with two attached hydrogens (primary N) is 1. The number of piperidine rings is 1. The summed E-state index contributed by atoms with van der Waals surface area (Å²) >= 11 is 0. The molecule has 7 nitrogen and oxygen atoms in total. The molecule has 1 aromatic heterocycles. The number of aromatic nitrogens is 2. The number of anilines is 2. The van der Waals surface area contributed by atoms with E-state index in [1.807, 2.05) is 0 Å². The summed E-state index contributed by atoms with van der Waals surface area (Å²) in [6.45, 7) is 3.27. The number of hydrogen-bond donors (Lipinski definition) is 2. The van der Waals surface area contributed by atoms with Gasteiger partial charge < -0.3 is 20.7 Å². The number of nitrogens with zero attached hydrogens (tertiary/aromatic N) is 3. The minimum atomic E-state index is -0.535. The molecule has 0 aliphatic carbocycles. The number of hydrogen-bond acceptors (Lipinski definition) is 6. The standard InChI is InChI=1S/C12H18FN5O2/c1-2-20-12(19)18-5-3-8(4-6-18)16-10-9(13)7-15-11(14)17-10/h7-8H,2-6H2,1H3,(H3,14,15,16,17). The van der Waals surface area contributed by atoms with Crippen LogP contribution in [-0.4, -0.2) is 46.7 Å². The molecular formula is C12H18FN5O2. The smallest absolute Gasteiger partial charge is 0.409 e. The van der Waals surface area contributed by atoms with Crippen LogP contribution in [0.1, 0.15) is 19.8 Å². The van der Waals surface area contributed by atoms with Gasteiger partial charge in [0.25, 0.3) is 0 Å². The number of carbonyl (C=O) groups is 1. The van der Waals surface area contributed by atoms with E-state index in [4.69, 9.17) is 10.5 Å². The molecule has 3 N–H and O–H groups in total. The van der Waals surface area contributed by atoms with Gasteiger partial charge in [-0.25, -0.2) is 14.2 Å². The first kappa shape index (κ1) is 14.3. The Morgan fingerprint density at radius 1 is 1.60 bits per heavy atom. The Bertz CT molecular complexity index is 477. The summed E-state index contributed by atoms with van der Waals surface area (Å²) in [6, 6.07) is 0.0458. The van der Waals surface area contributed by atoms with E-state index >= 15 is 0 Å². The van der Waals surface area contributed by atoms with Crippen LogP contribution in [0.2, 0.25) is 0 Å². The molecule has 110 valence electrons. The van der Waals surface area contributed by atoms with Gasteiger partial charge in [-0.05, 0) is 19.8 Å². The summed E-state index contributed by atoms with van der Waals surface area (Å²) in [5.41, 5.74) is 5.43. The number of rotatable bonds is 3. The minimum Gasteiger partial charge on any atom is -0.450 e. The van der Waals surface area contributed by atoms with Gasteiger partial charge in [0.05, 0.1) is 12.8 Å². The van der Waals surface area contributed by atoms with E-state index in [-0.39, 0.29) is 23.9 Å². The predicted octanol–water partition coefficient (Wildman–Crippen LogP) is 1.23. The summed E-state index contributed by atoms with van der Waals surface area (Å²) in [5.74, 6) is -0.406. The Balaban J connectivity index is 1.88. The van der Waals surface area contributed by atoms with Crippen molar-refractivity contribution in [1.82, 2.24) is 14.9 Å². The fourth-order valence-corrected chi connectivity index (χ4v) is 2.10. The number of halogens is 1. The second-order valence-electron chi connectivity index (χ2n) is 4.53. The molecule has 1 aliphatic rings. The van der Waals surface area contributed by atoms with E-state index in [9.17, 15) is 9.18 Å². The molecule has 0 spiro atoms. The largest absolute Gasteiger partial charge is 0.450 e. The lowest BCUT2D eigenvalue weighted by atomic mass is 10.1. The first-order valence-corrected chi connectivity index (χ1v) is 6.56. The van der Waals surface area contributed by atoms with Gasteiger partial charge in [0.2, 0.25) is 5.95 Å². The molecule has 0 bridgehead atoms. The molecule has 2 rings (SSSR count). The molecule has 0 aromatic carbocycles. The summed E-state index contributed by atoms with van der Waals surface area (Å²) < 4.78 is 18.4. The van der Waals surface area contributed by atoms with Crippen LogP contribution < -0.4 is 11.1 Å². The van der Waals surface area contributed by atoms with Crippen LogP contribution in [-0.2, 0) is 4.74 Å². The topological polar surface area (TPSA) is 93.4 Å². The van der Waals surface area contributed by atoms with Gasteiger partial charge in [-0.15, -0.1) is 0 Å². The zero-order valence-corrected chi connectivity index (χ0v) is 11.3. The third-order valence-corrected chi connectivity index (χ3v) is 3.12. The minimum absolute atomic E-state index is 0.0258. The molecule has 1 aromatic rings. The highest BCUT2D eigenvalue weighted by molar-refractivity contribution is 5.67. The lowest BCUT2D eigenvalue weighted by molar-refractivity contribution is 0.0983. The van der Waals surface area contributed by atoms with Gasteiger partial charge in [-0.1, -0.05) is 0 Å². The van der Waals surface area contributed by atoms with Crippen LogP contribution in [0.4, 0.5) is 21.0 Å². The van der Waals surface area contributed by atoms with Crippen LogP contribution in [0.5, 0.6) is 0 Å². The highest BCUT2D eigenvalue weighted by atomic mass is 19.1. The second kappa shape index (κ2) is 6.36. The lowest BCUT2D eigenvalue weighted by Crippen LogP contribution is -2.42. The lowest BCUT2D eigenvalue weighted by Gasteiger charge is -2.31. The summed E-state index contributed by atoms with van der Waals surface area (Å²) in [5, 5.41) is 3.00. The van der Waals surface area contributed by atoms with Crippen molar-refractivity contribution >= 4 is 17.9 Å². The number of likely N-dealkylation sites (tertiary alicyclic amines) is 1. The van der Waals surface area contributed by atoms with Crippen molar-refractivity contribution in [3.05, 3.63) is 12.0 Å². The Kier molecular flexibility index (Phi) is 4.54. The van der Waals surface area contributed by atoms with Gasteiger partial charge in [0.1, 0.15) is 0 Å². The predicted molar refractivity (Wildman–Crippen MR) is 71.6 cm³/mol. The summed E-state index contributed by atoms with van der Waals surface area (Å²) in [4.78, 5) is 20.6. The van der Waals surface area contributed by atoms with E-state index in [0.717, 1.165) is 6.20 Å². The molecular weight excluding hydrogens is 265 g/mol. The van der Waals surface area contributed by atoms with Crippen molar-refractivity contribution in [3.8, 4) is 0 Å². The Morgan fingerprint density at radius 2 is 2.30 bits per heavy atom. The van der Waals surface area contributed by atoms with E-state index in [1.54, 1.807) is 11.8 Å². The molecule has 0 atom stereocenters. The number of amides is 1. The maximum atomic E-state index is 13.5. The van der Waals surface area contributed by atoms with Crippen LogP contribution in [0.3, 0.4) is 0 Å². The second-order valence-corrected chi connectivity index (χ2v) is 4.53. The average molecular weight is 283 g/mol. The Labute approximate surface area is 116 Å². The number of nitrogen functional groups attached to an aromatic ring is 1. The quantitative estimate of drug-likeness (QED) is 0.866. The fourth-order valence-electron chi connectivity index (χ4n) is 2.10. The van der Waals surface area contributed by atoms with Gasteiger partial charge >= 0.3 is 6.09 Å². The zero-order chi connectivity index (χ0) is 14.5. The van der Waals surface area contributed by atoms with Crippen molar-refractivity contribution < 1.29 is 13.9 Å². The van der Waals surface area contributed by atoms with Crippen LogP contribution in [0.15, 0.2) is 6.20 Å². The van der Waals surface area contributed by atoms with Gasteiger partial charge in [0, 0.05) is 19.1 Å². The molecule has 0 unspecified atom stereocenters. The van der Waals surface area contributed by atoms with E-state index in [0.29, 0.717) is 32.5 Å². The SMILES string of the molecule is CCOC(=O)N1CCC(Nc2nc(N)ncc2F)CC1. The maximum Gasteiger partial charge on any atom is 0.409 e. The first-order chi connectivity index (χ1) is 9.60. The van der Waals surface area contributed by atoms with Crippen molar-refractivity contribution in [2.45, 2.75) is 25.8 Å². The fraction of sp³-hybridized carbons (Fsp3) is 0.583. The molecule has 1 fully saturated rings. The molecule has 0 radical (unpaired) electrons. The maximum absolute atomic E-state index is 13.5. The van der Waals surface area contributed by atoms with Crippen LogP contribution in [0.25, 0.3) is 0 Å². The monoisotopic (exact) mass is 283 g/mol. The molecule has 20 heavy (non-hydrogen) atoms. The van der Waals surface area contributed by atoms with Gasteiger partial charge in [-0.2, -0.15) is 4.98 Å². The molecule has 2 heterocycles. The van der Waals surface area contributed by atoms with Crippen LogP contribution >= 0.6 is 0 Å². The number of nitrogens with one attached hydrogen (secondary N) is 1. The van der Waals surface area contributed by atoms with Crippen molar-refractivity contribution in [3.63, 3.8) is 0 Å². The van der Waals surface area contributed by atoms with Gasteiger partial charge in [-0.3, -0.25) is 0 Å². The Morgan fingerprint density at radius 3 is 2.95 bits per heavy atom. The molecule has 0 saturated carbocycles. The molecule has 1 saturated heterocycles. The average Bonchev–Trinajstić information content (AvgIpc) is 2.44. The van der Waals surface area contributed by atoms with E-state index in [2.05, 4.69) is 15.3 Å². The van der Waals surface area contributed by atoms with E-state index in [1.165, 1.54) is 0 Å². The third-order valence-electron chi connectivity index (χ3n) is 3.12. The zero-order valence-electron chi connectivity index (χ0n) is 11.3. The van der Waals surface area contributed by atoms with Crippen molar-refractivity contribution in [2.75, 3.05) is 30.7 Å². The molecule has 8 heteroatoms. The summed E-state index contributed by atoms with van der Waals surface area (Å²) in [6.07, 6.45) is 2.13. The first-order valence-electron chi connectivity index (χ1n) is 6.56. The Hall–Kier alpha value is -2.12. The normalized spacial score (nSPS) is 16.0. The highest BCUT2D eigenvalue weighted by Crippen LogP contribution is 2.18.